The Kier molecular flexibility index (Phi) is 6.89. The number of carbonyl (C=O) groups excluding carboxylic acids is 2. The first-order valence-electron chi connectivity index (χ1n) is 11.7. The number of aromatic nitrogens is 1. The van der Waals surface area contributed by atoms with Crippen molar-refractivity contribution in [2.24, 2.45) is 0 Å². The second-order valence-corrected chi connectivity index (χ2v) is 9.29. The number of hydrogen-bond donors (Lipinski definition) is 2. The van der Waals surface area contributed by atoms with E-state index in [0.29, 0.717) is 33.1 Å². The van der Waals surface area contributed by atoms with E-state index in [2.05, 4.69) is 10.3 Å². The second kappa shape index (κ2) is 10.4. The topological polar surface area (TPSA) is 99.6 Å². The molecular weight excluding hydrogens is 509 g/mol. The molecule has 2 heterocycles. The molecule has 0 spiro atoms. The number of rotatable bonds is 6. The van der Waals surface area contributed by atoms with Crippen LogP contribution in [0.5, 0.6) is 0 Å². The number of carbonyl (C=O) groups is 3. The molecule has 0 saturated heterocycles. The molecule has 2 amide bonds. The molecule has 0 fully saturated rings. The molecule has 7 nitrogen and oxygen atoms in total. The number of amides is 2. The lowest BCUT2D eigenvalue weighted by atomic mass is 9.96. The number of hydrogen-bond acceptors (Lipinski definition) is 4. The van der Waals surface area contributed by atoms with Gasteiger partial charge in [-0.15, -0.1) is 0 Å². The molecule has 0 aliphatic carbocycles. The van der Waals surface area contributed by atoms with E-state index in [9.17, 15) is 23.9 Å². The summed E-state index contributed by atoms with van der Waals surface area (Å²) >= 11 is 6.12. The SMILES string of the molecule is O=C(O)c1ccc(CN2C(=O)c3ccc(Cl)cc3NC(=O)[C@H]2Cc2ccccn2)cc1-c1cccc(F)c1. The summed E-state index contributed by atoms with van der Waals surface area (Å²) in [6.07, 6.45) is 1.77. The van der Waals surface area contributed by atoms with Crippen molar-refractivity contribution in [1.29, 1.82) is 0 Å². The van der Waals surface area contributed by atoms with Crippen molar-refractivity contribution in [3.63, 3.8) is 0 Å². The molecule has 0 unspecified atom stereocenters. The molecule has 1 aliphatic rings. The Morgan fingerprint density at radius 2 is 1.84 bits per heavy atom. The minimum Gasteiger partial charge on any atom is -0.478 e. The molecule has 4 aromatic rings. The highest BCUT2D eigenvalue weighted by Crippen LogP contribution is 2.31. The first-order chi connectivity index (χ1) is 18.3. The molecule has 0 saturated carbocycles. The van der Waals surface area contributed by atoms with Crippen LogP contribution in [0.15, 0.2) is 85.1 Å². The maximum absolute atomic E-state index is 14.0. The molecule has 38 heavy (non-hydrogen) atoms. The first kappa shape index (κ1) is 25.1. The van der Waals surface area contributed by atoms with E-state index in [1.807, 2.05) is 0 Å². The van der Waals surface area contributed by atoms with E-state index in [1.165, 1.54) is 35.2 Å². The van der Waals surface area contributed by atoms with Crippen molar-refractivity contribution in [2.75, 3.05) is 5.32 Å². The van der Waals surface area contributed by atoms with Crippen LogP contribution >= 0.6 is 11.6 Å². The fraction of sp³-hybridized carbons (Fsp3) is 0.103. The number of nitrogens with one attached hydrogen (secondary N) is 1. The Bertz CT molecular complexity index is 1560. The van der Waals surface area contributed by atoms with Crippen molar-refractivity contribution < 1.29 is 23.9 Å². The van der Waals surface area contributed by atoms with Gasteiger partial charge in [-0.25, -0.2) is 9.18 Å². The molecule has 3 aromatic carbocycles. The fourth-order valence-corrected chi connectivity index (χ4v) is 4.70. The van der Waals surface area contributed by atoms with E-state index in [4.69, 9.17) is 11.6 Å². The number of anilines is 1. The number of benzene rings is 3. The van der Waals surface area contributed by atoms with Gasteiger partial charge in [0.2, 0.25) is 5.91 Å². The third-order valence-electron chi connectivity index (χ3n) is 6.34. The van der Waals surface area contributed by atoms with E-state index in [-0.39, 0.29) is 24.1 Å². The zero-order valence-electron chi connectivity index (χ0n) is 19.9. The summed E-state index contributed by atoms with van der Waals surface area (Å²) in [7, 11) is 0. The molecule has 1 atom stereocenters. The van der Waals surface area contributed by atoms with Crippen LogP contribution in [0, 0.1) is 5.82 Å². The van der Waals surface area contributed by atoms with Crippen molar-refractivity contribution >= 4 is 35.1 Å². The number of nitrogens with zero attached hydrogens (tertiary/aromatic N) is 2. The van der Waals surface area contributed by atoms with E-state index >= 15 is 0 Å². The van der Waals surface area contributed by atoms with Gasteiger partial charge in [0.15, 0.2) is 0 Å². The number of halogens is 2. The second-order valence-electron chi connectivity index (χ2n) is 8.85. The van der Waals surface area contributed by atoms with Gasteiger partial charge in [-0.2, -0.15) is 0 Å². The Hall–Kier alpha value is -4.56. The standard InChI is InChI=1S/C29H21ClFN3O4/c30-19-8-10-23-25(14-19)33-27(35)26(15-21-6-1-2-11-32-21)34(28(23)36)16-17-7-9-22(29(37)38)24(12-17)18-4-3-5-20(31)13-18/h1-14,26H,15-16H2,(H,33,35)(H,37,38)/t26-/m1/s1. The molecule has 190 valence electrons. The lowest BCUT2D eigenvalue weighted by Gasteiger charge is -2.29. The molecule has 0 radical (unpaired) electrons. The van der Waals surface area contributed by atoms with Gasteiger partial charge < -0.3 is 15.3 Å². The largest absolute Gasteiger partial charge is 0.478 e. The minimum atomic E-state index is -1.17. The van der Waals surface area contributed by atoms with Crippen molar-refractivity contribution in [3.05, 3.63) is 118 Å². The van der Waals surface area contributed by atoms with Crippen LogP contribution < -0.4 is 5.32 Å². The number of carboxylic acid groups (broad SMARTS) is 1. The minimum absolute atomic E-state index is 0.00592. The zero-order chi connectivity index (χ0) is 26.8. The number of aromatic carboxylic acids is 1. The van der Waals surface area contributed by atoms with Gasteiger partial charge in [-0.3, -0.25) is 14.6 Å². The quantitative estimate of drug-likeness (QED) is 0.346. The van der Waals surface area contributed by atoms with Gasteiger partial charge in [0.1, 0.15) is 11.9 Å². The number of carboxylic acids is 1. The summed E-state index contributed by atoms with van der Waals surface area (Å²) in [6, 6.07) is 19.3. The van der Waals surface area contributed by atoms with E-state index < -0.39 is 29.6 Å². The summed E-state index contributed by atoms with van der Waals surface area (Å²) in [5.41, 5.74) is 2.45. The van der Waals surface area contributed by atoms with Crippen LogP contribution in [-0.2, 0) is 17.8 Å². The summed E-state index contributed by atoms with van der Waals surface area (Å²) in [4.78, 5) is 44.9. The normalized spacial score (nSPS) is 15.0. The Balaban J connectivity index is 1.59. The number of fused-ring (bicyclic) bond motifs is 1. The summed E-state index contributed by atoms with van der Waals surface area (Å²) in [5.74, 6) is -2.47. The van der Waals surface area contributed by atoms with Crippen LogP contribution in [0.1, 0.15) is 32.0 Å². The average molecular weight is 530 g/mol. The predicted octanol–water partition coefficient (Wildman–Crippen LogP) is 5.45. The molecule has 0 bridgehead atoms. The average Bonchev–Trinajstić information content (AvgIpc) is 2.99. The maximum Gasteiger partial charge on any atom is 0.336 e. The summed E-state index contributed by atoms with van der Waals surface area (Å²) < 4.78 is 14.0. The van der Waals surface area contributed by atoms with Crippen LogP contribution in [0.3, 0.4) is 0 Å². The molecule has 2 N–H and O–H groups in total. The van der Waals surface area contributed by atoms with Crippen LogP contribution in [0.4, 0.5) is 10.1 Å². The van der Waals surface area contributed by atoms with Gasteiger partial charge in [-0.05, 0) is 71.3 Å². The smallest absolute Gasteiger partial charge is 0.336 e. The Morgan fingerprint density at radius 3 is 2.58 bits per heavy atom. The molecule has 5 rings (SSSR count). The van der Waals surface area contributed by atoms with E-state index in [0.717, 1.165) is 0 Å². The van der Waals surface area contributed by atoms with Gasteiger partial charge in [0.25, 0.3) is 5.91 Å². The van der Waals surface area contributed by atoms with Crippen molar-refractivity contribution in [2.45, 2.75) is 19.0 Å². The van der Waals surface area contributed by atoms with Crippen LogP contribution in [0.2, 0.25) is 5.02 Å². The predicted molar refractivity (Wildman–Crippen MR) is 140 cm³/mol. The highest BCUT2D eigenvalue weighted by Gasteiger charge is 2.36. The molecule has 9 heteroatoms. The summed E-state index contributed by atoms with van der Waals surface area (Å²) in [5, 5.41) is 12.9. The van der Waals surface area contributed by atoms with Crippen LogP contribution in [-0.4, -0.2) is 38.8 Å². The van der Waals surface area contributed by atoms with Gasteiger partial charge in [0.05, 0.1) is 16.8 Å². The third-order valence-corrected chi connectivity index (χ3v) is 6.58. The molecular formula is C29H21ClFN3O4. The van der Waals surface area contributed by atoms with Gasteiger partial charge in [0, 0.05) is 29.9 Å². The molecule has 1 aliphatic heterocycles. The highest BCUT2D eigenvalue weighted by molar-refractivity contribution is 6.31. The van der Waals surface area contributed by atoms with E-state index in [1.54, 1.807) is 54.7 Å². The maximum atomic E-state index is 14.0. The Labute approximate surface area is 222 Å². The number of pyridine rings is 1. The van der Waals surface area contributed by atoms with Crippen LogP contribution in [0.25, 0.3) is 11.1 Å². The summed E-state index contributed by atoms with van der Waals surface area (Å²) in [6.45, 7) is -0.00592. The fourth-order valence-electron chi connectivity index (χ4n) is 4.53. The Morgan fingerprint density at radius 1 is 1.00 bits per heavy atom. The zero-order valence-corrected chi connectivity index (χ0v) is 20.7. The lowest BCUT2D eigenvalue weighted by Crippen LogP contribution is -2.46. The van der Waals surface area contributed by atoms with Gasteiger partial charge in [-0.1, -0.05) is 35.9 Å². The lowest BCUT2D eigenvalue weighted by molar-refractivity contribution is -0.120. The third kappa shape index (κ3) is 5.12. The highest BCUT2D eigenvalue weighted by atomic mass is 35.5. The van der Waals surface area contributed by atoms with Crippen molar-refractivity contribution in [3.8, 4) is 11.1 Å². The van der Waals surface area contributed by atoms with Crippen molar-refractivity contribution in [1.82, 2.24) is 9.88 Å². The monoisotopic (exact) mass is 529 g/mol. The first-order valence-corrected chi connectivity index (χ1v) is 12.1. The molecule has 1 aromatic heterocycles. The van der Waals surface area contributed by atoms with Gasteiger partial charge >= 0.3 is 5.97 Å².